The third-order valence-electron chi connectivity index (χ3n) is 2.44. The van der Waals surface area contributed by atoms with Crippen molar-refractivity contribution in [3.8, 4) is 17.1 Å². The first-order chi connectivity index (χ1) is 8.52. The third kappa shape index (κ3) is 2.60. The molecule has 2 rings (SSSR count). The normalized spacial score (nSPS) is 10.5. The van der Waals surface area contributed by atoms with Crippen LogP contribution < -0.4 is 4.74 Å². The van der Waals surface area contributed by atoms with Gasteiger partial charge in [0.05, 0.1) is 7.11 Å². The van der Waals surface area contributed by atoms with Crippen LogP contribution in [0.15, 0.2) is 22.7 Å². The zero-order valence-electron chi connectivity index (χ0n) is 9.67. The summed E-state index contributed by atoms with van der Waals surface area (Å²) in [6, 6.07) is 5.52. The van der Waals surface area contributed by atoms with Crippen molar-refractivity contribution in [2.24, 2.45) is 0 Å². The fourth-order valence-corrected chi connectivity index (χ4v) is 2.20. The molecule has 0 saturated heterocycles. The number of nitrogens with zero attached hydrogens (tertiary/aromatic N) is 2. The first kappa shape index (κ1) is 13.6. The van der Waals surface area contributed by atoms with Crippen LogP contribution in [-0.4, -0.2) is 17.1 Å². The summed E-state index contributed by atoms with van der Waals surface area (Å²) in [5.41, 5.74) is 1.44. The van der Waals surface area contributed by atoms with Gasteiger partial charge in [-0.25, -0.2) is 9.97 Å². The molecule has 3 nitrogen and oxygen atoms in total. The Labute approximate surface area is 123 Å². The van der Waals surface area contributed by atoms with Gasteiger partial charge in [-0.3, -0.25) is 0 Å². The zero-order chi connectivity index (χ0) is 13.3. The van der Waals surface area contributed by atoms with E-state index in [0.29, 0.717) is 27.4 Å². The number of ether oxygens (including phenoxy) is 1. The molecule has 94 valence electrons. The molecule has 2 aromatic rings. The van der Waals surface area contributed by atoms with E-state index in [1.807, 2.05) is 18.2 Å². The Hall–Kier alpha value is -0.840. The summed E-state index contributed by atoms with van der Waals surface area (Å²) in [7, 11) is 1.60. The number of benzene rings is 1. The standard InChI is InChI=1S/C12H9BrCl2N2O/c1-6-10(14)16-12(17-11(6)15)8-5-7(18-2)3-4-9(8)13/h3-5H,1-2H3. The summed E-state index contributed by atoms with van der Waals surface area (Å²) < 4.78 is 6.02. The molecule has 1 aromatic carbocycles. The van der Waals surface area contributed by atoms with E-state index in [0.717, 1.165) is 10.0 Å². The number of hydrogen-bond donors (Lipinski definition) is 0. The molecular formula is C12H9BrCl2N2O. The van der Waals surface area contributed by atoms with Gasteiger partial charge in [0.2, 0.25) is 0 Å². The molecule has 0 aliphatic carbocycles. The van der Waals surface area contributed by atoms with Crippen molar-refractivity contribution in [2.75, 3.05) is 7.11 Å². The van der Waals surface area contributed by atoms with Crippen molar-refractivity contribution < 1.29 is 4.74 Å². The molecule has 0 aliphatic rings. The van der Waals surface area contributed by atoms with Crippen LogP contribution in [0, 0.1) is 6.92 Å². The molecule has 0 amide bonds. The van der Waals surface area contributed by atoms with Crippen molar-refractivity contribution in [3.05, 3.63) is 38.5 Å². The lowest BCUT2D eigenvalue weighted by atomic mass is 10.2. The maximum Gasteiger partial charge on any atom is 0.163 e. The maximum atomic E-state index is 6.01. The van der Waals surface area contributed by atoms with E-state index in [1.165, 1.54) is 0 Å². The average molecular weight is 348 g/mol. The highest BCUT2D eigenvalue weighted by Crippen LogP contribution is 2.32. The van der Waals surface area contributed by atoms with Crippen LogP contribution in [0.2, 0.25) is 10.3 Å². The van der Waals surface area contributed by atoms with Crippen molar-refractivity contribution in [1.82, 2.24) is 9.97 Å². The van der Waals surface area contributed by atoms with Gasteiger partial charge in [0, 0.05) is 15.6 Å². The molecule has 0 saturated carbocycles. The topological polar surface area (TPSA) is 35.0 Å². The first-order valence-electron chi connectivity index (χ1n) is 5.06. The molecule has 0 atom stereocenters. The number of aromatic nitrogens is 2. The Balaban J connectivity index is 2.61. The summed E-state index contributed by atoms with van der Waals surface area (Å²) >= 11 is 15.5. The van der Waals surface area contributed by atoms with Gasteiger partial charge in [-0.1, -0.05) is 39.1 Å². The van der Waals surface area contributed by atoms with Gasteiger partial charge in [-0.2, -0.15) is 0 Å². The van der Waals surface area contributed by atoms with E-state index < -0.39 is 0 Å². The Morgan fingerprint density at radius 3 is 2.33 bits per heavy atom. The van der Waals surface area contributed by atoms with E-state index in [-0.39, 0.29) is 0 Å². The van der Waals surface area contributed by atoms with Gasteiger partial charge in [0.25, 0.3) is 0 Å². The highest BCUT2D eigenvalue weighted by atomic mass is 79.9. The van der Waals surface area contributed by atoms with E-state index >= 15 is 0 Å². The molecule has 0 aliphatic heterocycles. The summed E-state index contributed by atoms with van der Waals surface area (Å²) in [5.74, 6) is 1.17. The fraction of sp³-hybridized carbons (Fsp3) is 0.167. The van der Waals surface area contributed by atoms with Gasteiger partial charge in [-0.15, -0.1) is 0 Å². The molecule has 18 heavy (non-hydrogen) atoms. The van der Waals surface area contributed by atoms with Crippen LogP contribution in [0.25, 0.3) is 11.4 Å². The molecule has 0 N–H and O–H groups in total. The average Bonchev–Trinajstić information content (AvgIpc) is 2.36. The maximum absolute atomic E-state index is 6.01. The summed E-state index contributed by atoms with van der Waals surface area (Å²) in [5, 5.41) is 0.694. The van der Waals surface area contributed by atoms with Crippen molar-refractivity contribution in [3.63, 3.8) is 0 Å². The Bertz CT molecular complexity index is 582. The molecule has 0 fully saturated rings. The number of rotatable bonds is 2. The van der Waals surface area contributed by atoms with E-state index in [9.17, 15) is 0 Å². The predicted octanol–water partition coefficient (Wildman–Crippen LogP) is 4.53. The Morgan fingerprint density at radius 2 is 1.78 bits per heavy atom. The first-order valence-corrected chi connectivity index (χ1v) is 6.61. The second-order valence-electron chi connectivity index (χ2n) is 3.60. The van der Waals surface area contributed by atoms with Gasteiger partial charge < -0.3 is 4.74 Å². The Morgan fingerprint density at radius 1 is 1.17 bits per heavy atom. The molecule has 0 bridgehead atoms. The summed E-state index contributed by atoms with van der Waals surface area (Å²) in [6.45, 7) is 1.77. The van der Waals surface area contributed by atoms with Crippen molar-refractivity contribution >= 4 is 39.1 Å². The van der Waals surface area contributed by atoms with E-state index in [2.05, 4.69) is 25.9 Å². The smallest absolute Gasteiger partial charge is 0.163 e. The number of hydrogen-bond acceptors (Lipinski definition) is 3. The van der Waals surface area contributed by atoms with Crippen LogP contribution in [-0.2, 0) is 0 Å². The quantitative estimate of drug-likeness (QED) is 0.748. The predicted molar refractivity (Wildman–Crippen MR) is 76.5 cm³/mol. The van der Waals surface area contributed by atoms with Crippen molar-refractivity contribution in [1.29, 1.82) is 0 Å². The van der Waals surface area contributed by atoms with Crippen LogP contribution in [0.3, 0.4) is 0 Å². The van der Waals surface area contributed by atoms with Gasteiger partial charge in [-0.05, 0) is 25.1 Å². The SMILES string of the molecule is COc1ccc(Br)c(-c2nc(Cl)c(C)c(Cl)n2)c1. The molecule has 0 spiro atoms. The molecule has 0 unspecified atom stereocenters. The van der Waals surface area contributed by atoms with Crippen LogP contribution in [0.4, 0.5) is 0 Å². The van der Waals surface area contributed by atoms with Gasteiger partial charge >= 0.3 is 0 Å². The van der Waals surface area contributed by atoms with Crippen LogP contribution in [0.1, 0.15) is 5.56 Å². The fourth-order valence-electron chi connectivity index (χ4n) is 1.39. The zero-order valence-corrected chi connectivity index (χ0v) is 12.8. The second-order valence-corrected chi connectivity index (χ2v) is 5.17. The largest absolute Gasteiger partial charge is 0.497 e. The highest BCUT2D eigenvalue weighted by Gasteiger charge is 2.12. The monoisotopic (exact) mass is 346 g/mol. The molecule has 6 heteroatoms. The lowest BCUT2D eigenvalue weighted by Gasteiger charge is -2.08. The molecule has 1 aromatic heterocycles. The second kappa shape index (κ2) is 5.43. The summed E-state index contributed by atoms with van der Waals surface area (Å²) in [6.07, 6.45) is 0. The minimum atomic E-state index is 0.347. The van der Waals surface area contributed by atoms with Crippen LogP contribution >= 0.6 is 39.1 Å². The minimum absolute atomic E-state index is 0.347. The van der Waals surface area contributed by atoms with Crippen LogP contribution in [0.5, 0.6) is 5.75 Å². The lowest BCUT2D eigenvalue weighted by molar-refractivity contribution is 0.415. The van der Waals surface area contributed by atoms with E-state index in [4.69, 9.17) is 27.9 Å². The number of halogens is 3. The Kier molecular flexibility index (Phi) is 4.10. The van der Waals surface area contributed by atoms with Crippen molar-refractivity contribution in [2.45, 2.75) is 6.92 Å². The summed E-state index contributed by atoms with van der Waals surface area (Å²) in [4.78, 5) is 8.45. The highest BCUT2D eigenvalue weighted by molar-refractivity contribution is 9.10. The minimum Gasteiger partial charge on any atom is -0.497 e. The third-order valence-corrected chi connectivity index (χ3v) is 3.87. The molecule has 1 heterocycles. The lowest BCUT2D eigenvalue weighted by Crippen LogP contribution is -1.95. The van der Waals surface area contributed by atoms with E-state index in [1.54, 1.807) is 14.0 Å². The molecular weight excluding hydrogens is 339 g/mol. The van der Waals surface area contributed by atoms with Gasteiger partial charge in [0.1, 0.15) is 16.1 Å². The van der Waals surface area contributed by atoms with Gasteiger partial charge in [0.15, 0.2) is 5.82 Å². The molecule has 0 radical (unpaired) electrons. The number of methoxy groups -OCH3 is 1.